The van der Waals surface area contributed by atoms with Gasteiger partial charge in [-0.15, -0.1) is 0 Å². The Balaban J connectivity index is 2.00. The predicted octanol–water partition coefficient (Wildman–Crippen LogP) is 2.99. The molecule has 2 rings (SSSR count). The van der Waals surface area contributed by atoms with Crippen molar-refractivity contribution in [1.29, 1.82) is 0 Å². The number of alkyl halides is 2. The van der Waals surface area contributed by atoms with Crippen molar-refractivity contribution in [3.63, 3.8) is 0 Å². The average Bonchev–Trinajstić information content (AvgIpc) is 2.28. The standard InChI is InChI=1S/C13H15F2NO2/c1-8-5-10(18-2)3-4-11(8)16-12(17)9-6-13(14,15)7-9/h3-5,9H,6-7H2,1-2H3,(H,16,17). The summed E-state index contributed by atoms with van der Waals surface area (Å²) in [6, 6.07) is 5.21. The number of hydrogen-bond donors (Lipinski definition) is 1. The van der Waals surface area contributed by atoms with Gasteiger partial charge in [-0.1, -0.05) is 0 Å². The maximum atomic E-state index is 12.7. The molecule has 0 heterocycles. The molecule has 1 aromatic rings. The quantitative estimate of drug-likeness (QED) is 0.901. The molecular weight excluding hydrogens is 240 g/mol. The van der Waals surface area contributed by atoms with Gasteiger partial charge in [0.15, 0.2) is 0 Å². The number of rotatable bonds is 3. The Morgan fingerprint density at radius 3 is 2.61 bits per heavy atom. The molecule has 1 N–H and O–H groups in total. The largest absolute Gasteiger partial charge is 0.497 e. The topological polar surface area (TPSA) is 38.3 Å². The summed E-state index contributed by atoms with van der Waals surface area (Å²) in [6.07, 6.45) is -0.706. The van der Waals surface area contributed by atoms with Gasteiger partial charge in [0.2, 0.25) is 11.8 Å². The summed E-state index contributed by atoms with van der Waals surface area (Å²) in [5, 5.41) is 2.67. The first-order chi connectivity index (χ1) is 8.41. The minimum absolute atomic E-state index is 0.339. The fourth-order valence-corrected chi connectivity index (χ4v) is 1.98. The maximum Gasteiger partial charge on any atom is 0.249 e. The number of amides is 1. The molecule has 3 nitrogen and oxygen atoms in total. The van der Waals surface area contributed by atoms with E-state index >= 15 is 0 Å². The summed E-state index contributed by atoms with van der Waals surface area (Å²) in [5.41, 5.74) is 1.48. The summed E-state index contributed by atoms with van der Waals surface area (Å²) in [6.45, 7) is 1.83. The number of carbonyl (C=O) groups excluding carboxylic acids is 1. The van der Waals surface area contributed by atoms with Gasteiger partial charge < -0.3 is 10.1 Å². The van der Waals surface area contributed by atoms with E-state index in [1.807, 2.05) is 6.92 Å². The summed E-state index contributed by atoms with van der Waals surface area (Å²) >= 11 is 0. The van der Waals surface area contributed by atoms with Gasteiger partial charge in [-0.3, -0.25) is 4.79 Å². The molecule has 1 aliphatic rings. The van der Waals surface area contributed by atoms with E-state index in [-0.39, 0.29) is 18.7 Å². The Hall–Kier alpha value is -1.65. The molecule has 0 aromatic heterocycles. The summed E-state index contributed by atoms with van der Waals surface area (Å²) < 4.78 is 30.4. The van der Waals surface area contributed by atoms with Gasteiger partial charge in [-0.25, -0.2) is 8.78 Å². The molecular formula is C13H15F2NO2. The van der Waals surface area contributed by atoms with Crippen molar-refractivity contribution in [2.75, 3.05) is 12.4 Å². The van der Waals surface area contributed by atoms with Crippen molar-refractivity contribution in [2.24, 2.45) is 5.92 Å². The third-order valence-corrected chi connectivity index (χ3v) is 3.15. The lowest BCUT2D eigenvalue weighted by Gasteiger charge is -2.33. The van der Waals surface area contributed by atoms with Crippen molar-refractivity contribution < 1.29 is 18.3 Å². The molecule has 0 radical (unpaired) electrons. The van der Waals surface area contributed by atoms with Crippen LogP contribution in [0, 0.1) is 12.8 Å². The number of anilines is 1. The van der Waals surface area contributed by atoms with Crippen LogP contribution in [0.3, 0.4) is 0 Å². The number of aryl methyl sites for hydroxylation is 1. The zero-order valence-electron chi connectivity index (χ0n) is 10.3. The Labute approximate surface area is 104 Å². The molecule has 18 heavy (non-hydrogen) atoms. The van der Waals surface area contributed by atoms with Gasteiger partial charge in [0, 0.05) is 24.4 Å². The van der Waals surface area contributed by atoms with Crippen molar-refractivity contribution in [1.82, 2.24) is 0 Å². The van der Waals surface area contributed by atoms with Crippen LogP contribution in [-0.4, -0.2) is 18.9 Å². The van der Waals surface area contributed by atoms with Crippen LogP contribution < -0.4 is 10.1 Å². The van der Waals surface area contributed by atoms with Gasteiger partial charge in [0.1, 0.15) is 5.75 Å². The Kier molecular flexibility index (Phi) is 3.24. The third kappa shape index (κ3) is 2.60. The Morgan fingerprint density at radius 2 is 2.11 bits per heavy atom. The van der Waals surface area contributed by atoms with E-state index in [9.17, 15) is 13.6 Å². The number of carbonyl (C=O) groups is 1. The summed E-state index contributed by atoms with van der Waals surface area (Å²) in [5.74, 6) is -2.90. The fourth-order valence-electron chi connectivity index (χ4n) is 1.98. The first-order valence-electron chi connectivity index (χ1n) is 5.74. The first-order valence-corrected chi connectivity index (χ1v) is 5.74. The van der Waals surface area contributed by atoms with Crippen molar-refractivity contribution >= 4 is 11.6 Å². The lowest BCUT2D eigenvalue weighted by molar-refractivity contribution is -0.145. The first kappa shape index (κ1) is 12.8. The molecule has 0 atom stereocenters. The van der Waals surface area contributed by atoms with E-state index in [1.54, 1.807) is 25.3 Å². The smallest absolute Gasteiger partial charge is 0.249 e. The molecule has 1 aromatic carbocycles. The zero-order chi connectivity index (χ0) is 13.3. The highest BCUT2D eigenvalue weighted by atomic mass is 19.3. The summed E-state index contributed by atoms with van der Waals surface area (Å²) in [4.78, 5) is 11.7. The number of nitrogens with one attached hydrogen (secondary N) is 1. The molecule has 5 heteroatoms. The molecule has 0 saturated heterocycles. The number of benzene rings is 1. The Bertz CT molecular complexity index is 466. The van der Waals surface area contributed by atoms with E-state index < -0.39 is 11.8 Å². The number of hydrogen-bond acceptors (Lipinski definition) is 2. The van der Waals surface area contributed by atoms with Crippen LogP contribution in [-0.2, 0) is 4.79 Å². The highest BCUT2D eigenvalue weighted by Crippen LogP contribution is 2.42. The number of halogens is 2. The lowest BCUT2D eigenvalue weighted by Crippen LogP contribution is -2.42. The summed E-state index contributed by atoms with van der Waals surface area (Å²) in [7, 11) is 1.56. The van der Waals surface area contributed by atoms with Crippen LogP contribution in [0.4, 0.5) is 14.5 Å². The predicted molar refractivity (Wildman–Crippen MR) is 64.0 cm³/mol. The molecule has 0 unspecified atom stereocenters. The Morgan fingerprint density at radius 1 is 1.44 bits per heavy atom. The van der Waals surface area contributed by atoms with Gasteiger partial charge in [-0.05, 0) is 30.7 Å². The SMILES string of the molecule is COc1ccc(NC(=O)C2CC(F)(F)C2)c(C)c1. The van der Waals surface area contributed by atoms with E-state index in [0.717, 1.165) is 5.56 Å². The fraction of sp³-hybridized carbons (Fsp3) is 0.462. The van der Waals surface area contributed by atoms with E-state index in [0.29, 0.717) is 11.4 Å². The third-order valence-electron chi connectivity index (χ3n) is 3.15. The lowest BCUT2D eigenvalue weighted by atomic mass is 9.80. The maximum absolute atomic E-state index is 12.7. The second kappa shape index (κ2) is 4.55. The van der Waals surface area contributed by atoms with Gasteiger partial charge >= 0.3 is 0 Å². The van der Waals surface area contributed by atoms with Crippen LogP contribution in [0.5, 0.6) is 5.75 Å². The monoisotopic (exact) mass is 255 g/mol. The molecule has 1 aliphatic carbocycles. The molecule has 98 valence electrons. The normalized spacial score (nSPS) is 18.0. The van der Waals surface area contributed by atoms with Crippen LogP contribution in [0.15, 0.2) is 18.2 Å². The van der Waals surface area contributed by atoms with Crippen LogP contribution in [0.25, 0.3) is 0 Å². The average molecular weight is 255 g/mol. The molecule has 1 amide bonds. The zero-order valence-corrected chi connectivity index (χ0v) is 10.3. The van der Waals surface area contributed by atoms with Crippen molar-refractivity contribution in [3.05, 3.63) is 23.8 Å². The molecule has 0 aliphatic heterocycles. The molecule has 1 fully saturated rings. The van der Waals surface area contributed by atoms with Crippen LogP contribution >= 0.6 is 0 Å². The van der Waals surface area contributed by atoms with E-state index in [1.165, 1.54) is 0 Å². The highest BCUT2D eigenvalue weighted by Gasteiger charge is 2.48. The van der Waals surface area contributed by atoms with Crippen molar-refractivity contribution in [3.8, 4) is 5.75 Å². The minimum atomic E-state index is -2.67. The molecule has 0 spiro atoms. The van der Waals surface area contributed by atoms with Crippen LogP contribution in [0.1, 0.15) is 18.4 Å². The molecule has 0 bridgehead atoms. The minimum Gasteiger partial charge on any atom is -0.497 e. The van der Waals surface area contributed by atoms with Gasteiger partial charge in [0.25, 0.3) is 0 Å². The highest BCUT2D eigenvalue weighted by molar-refractivity contribution is 5.94. The van der Waals surface area contributed by atoms with Crippen LogP contribution in [0.2, 0.25) is 0 Å². The number of methoxy groups -OCH3 is 1. The van der Waals surface area contributed by atoms with E-state index in [2.05, 4.69) is 5.32 Å². The second-order valence-corrected chi connectivity index (χ2v) is 4.63. The van der Waals surface area contributed by atoms with Crippen molar-refractivity contribution in [2.45, 2.75) is 25.7 Å². The van der Waals surface area contributed by atoms with Gasteiger partial charge in [0.05, 0.1) is 7.11 Å². The second-order valence-electron chi connectivity index (χ2n) is 4.63. The molecule has 1 saturated carbocycles. The van der Waals surface area contributed by atoms with E-state index in [4.69, 9.17) is 4.74 Å². The van der Waals surface area contributed by atoms with Gasteiger partial charge in [-0.2, -0.15) is 0 Å². The number of ether oxygens (including phenoxy) is 1.